The molecule has 0 radical (unpaired) electrons. The number of thiocarbonyl (C=S) groups is 1. The van der Waals surface area contributed by atoms with E-state index in [9.17, 15) is 14.3 Å². The maximum absolute atomic E-state index is 13.1. The predicted octanol–water partition coefficient (Wildman–Crippen LogP) is 4.82. The van der Waals surface area contributed by atoms with E-state index in [4.69, 9.17) is 23.8 Å². The largest absolute Gasteiger partial charge is 0.481 e. The molecule has 160 valence electrons. The Morgan fingerprint density at radius 3 is 2.48 bits per heavy atom. The quantitative estimate of drug-likeness (QED) is 0.373. The molecule has 0 aliphatic heterocycles. The Kier molecular flexibility index (Phi) is 7.32. The van der Waals surface area contributed by atoms with E-state index >= 15 is 0 Å². The number of halogens is 2. The summed E-state index contributed by atoms with van der Waals surface area (Å²) in [7, 11) is 0. The minimum absolute atomic E-state index is 0.166. The summed E-state index contributed by atoms with van der Waals surface area (Å²) in [6.07, 6.45) is -0.185. The van der Waals surface area contributed by atoms with E-state index in [-0.39, 0.29) is 23.3 Å². The number of aliphatic carboxylic acids is 1. The van der Waals surface area contributed by atoms with Gasteiger partial charge in [0.1, 0.15) is 11.6 Å². The first kappa shape index (κ1) is 22.4. The van der Waals surface area contributed by atoms with Gasteiger partial charge in [-0.25, -0.2) is 9.37 Å². The number of hydrogen-bond donors (Lipinski definition) is 4. The number of benzene rings is 2. The molecule has 1 heterocycles. The molecule has 2 aromatic carbocycles. The molecule has 0 bridgehead atoms. The molecule has 3 aromatic rings. The molecule has 0 aliphatic carbocycles. The molecule has 1 atom stereocenters. The summed E-state index contributed by atoms with van der Waals surface area (Å²) < 4.78 is 13.1. The minimum Gasteiger partial charge on any atom is -0.481 e. The second kappa shape index (κ2) is 10.1. The van der Waals surface area contributed by atoms with E-state index in [2.05, 4.69) is 25.9 Å². The predicted molar refractivity (Wildman–Crippen MR) is 122 cm³/mol. The Hall–Kier alpha value is -3.30. The summed E-state index contributed by atoms with van der Waals surface area (Å²) in [5, 5.41) is 18.9. The van der Waals surface area contributed by atoms with Gasteiger partial charge in [-0.3, -0.25) is 4.79 Å². The molecule has 0 aliphatic rings. The summed E-state index contributed by atoms with van der Waals surface area (Å²) >= 11 is 11.3. The molecular formula is C21H19ClFN5O2S. The Labute approximate surface area is 188 Å². The normalized spacial score (nSPS) is 11.5. The van der Waals surface area contributed by atoms with Crippen LogP contribution in [0.4, 0.5) is 21.8 Å². The molecule has 1 aromatic heterocycles. The lowest BCUT2D eigenvalue weighted by Gasteiger charge is -2.20. The Bertz CT molecular complexity index is 1080. The molecule has 1 unspecified atom stereocenters. The van der Waals surface area contributed by atoms with Gasteiger partial charge in [0.2, 0.25) is 5.95 Å². The van der Waals surface area contributed by atoms with Crippen LogP contribution in [0.2, 0.25) is 5.02 Å². The zero-order valence-corrected chi connectivity index (χ0v) is 18.0. The lowest BCUT2D eigenvalue weighted by atomic mass is 10.0. The van der Waals surface area contributed by atoms with Crippen LogP contribution >= 0.6 is 23.8 Å². The second-order valence-electron chi connectivity index (χ2n) is 6.65. The van der Waals surface area contributed by atoms with Crippen molar-refractivity contribution in [3.8, 4) is 0 Å². The fourth-order valence-electron chi connectivity index (χ4n) is 2.79. The molecule has 4 N–H and O–H groups in total. The molecule has 0 saturated carbocycles. The molecule has 10 heteroatoms. The molecule has 3 rings (SSSR count). The smallest absolute Gasteiger partial charge is 0.305 e. The van der Waals surface area contributed by atoms with E-state index in [1.165, 1.54) is 12.1 Å². The third kappa shape index (κ3) is 6.87. The van der Waals surface area contributed by atoms with Gasteiger partial charge >= 0.3 is 5.97 Å². The van der Waals surface area contributed by atoms with Gasteiger partial charge in [0.15, 0.2) is 5.11 Å². The lowest BCUT2D eigenvalue weighted by Crippen LogP contribution is -2.34. The van der Waals surface area contributed by atoms with E-state index in [1.54, 1.807) is 49.4 Å². The van der Waals surface area contributed by atoms with E-state index in [1.807, 2.05) is 0 Å². The highest BCUT2D eigenvalue weighted by Crippen LogP contribution is 2.20. The van der Waals surface area contributed by atoms with Crippen molar-refractivity contribution >= 4 is 52.4 Å². The average molecular weight is 460 g/mol. The number of aryl methyl sites for hydroxylation is 1. The van der Waals surface area contributed by atoms with Gasteiger partial charge in [0.05, 0.1) is 12.5 Å². The van der Waals surface area contributed by atoms with Gasteiger partial charge in [-0.1, -0.05) is 23.7 Å². The van der Waals surface area contributed by atoms with Gasteiger partial charge < -0.3 is 21.1 Å². The SMILES string of the molecule is Cc1cc(Nc2ccc(F)cc2)nc(NC(=S)NC(CC(=O)O)c2ccc(Cl)cc2)n1. The summed E-state index contributed by atoms with van der Waals surface area (Å²) in [5.41, 5.74) is 2.06. The topological polar surface area (TPSA) is 99.2 Å². The minimum atomic E-state index is -0.979. The number of nitrogens with one attached hydrogen (secondary N) is 3. The van der Waals surface area contributed by atoms with E-state index in [0.717, 1.165) is 5.56 Å². The molecule has 31 heavy (non-hydrogen) atoms. The second-order valence-corrected chi connectivity index (χ2v) is 7.50. The van der Waals surface area contributed by atoms with Crippen LogP contribution in [0.5, 0.6) is 0 Å². The molecule has 0 amide bonds. The third-order valence-corrected chi connectivity index (χ3v) is 4.62. The number of anilines is 3. The molecule has 0 spiro atoms. The summed E-state index contributed by atoms with van der Waals surface area (Å²) in [5.74, 6) is -0.593. The Balaban J connectivity index is 1.72. The van der Waals surface area contributed by atoms with Gasteiger partial charge in [-0.2, -0.15) is 4.98 Å². The van der Waals surface area contributed by atoms with Crippen LogP contribution in [-0.4, -0.2) is 26.2 Å². The standard InChI is InChI=1S/C21H19ClFN5O2S/c1-12-10-18(25-16-8-6-15(23)7-9-16)27-20(24-12)28-21(31)26-17(11-19(29)30)13-2-4-14(22)5-3-13/h2-10,17H,11H2,1H3,(H,29,30)(H3,24,25,26,27,28,31). The van der Waals surface area contributed by atoms with Crippen molar-refractivity contribution in [1.82, 2.24) is 15.3 Å². The Morgan fingerprint density at radius 2 is 1.84 bits per heavy atom. The van der Waals surface area contributed by atoms with Crippen molar-refractivity contribution in [2.75, 3.05) is 10.6 Å². The molecule has 0 fully saturated rings. The summed E-state index contributed by atoms with van der Waals surface area (Å²) in [6.45, 7) is 1.79. The first-order chi connectivity index (χ1) is 14.8. The van der Waals surface area contributed by atoms with Crippen molar-refractivity contribution in [2.24, 2.45) is 0 Å². The van der Waals surface area contributed by atoms with Crippen molar-refractivity contribution in [3.05, 3.63) is 76.7 Å². The molecule has 0 saturated heterocycles. The van der Waals surface area contributed by atoms with Crippen LogP contribution in [0.15, 0.2) is 54.6 Å². The maximum Gasteiger partial charge on any atom is 0.305 e. The van der Waals surface area contributed by atoms with Gasteiger partial charge in [0.25, 0.3) is 0 Å². The fraction of sp³-hybridized carbons (Fsp3) is 0.143. The van der Waals surface area contributed by atoms with Gasteiger partial charge in [0, 0.05) is 22.5 Å². The highest BCUT2D eigenvalue weighted by molar-refractivity contribution is 7.80. The number of carboxylic acids is 1. The summed E-state index contributed by atoms with van der Waals surface area (Å²) in [4.78, 5) is 19.9. The molecular weight excluding hydrogens is 441 g/mol. The molecule has 7 nitrogen and oxygen atoms in total. The van der Waals surface area contributed by atoms with Crippen LogP contribution in [-0.2, 0) is 4.79 Å². The first-order valence-electron chi connectivity index (χ1n) is 9.21. The number of hydrogen-bond acceptors (Lipinski definition) is 5. The van der Waals surface area contributed by atoms with Gasteiger partial charge in [-0.05, 0) is 61.1 Å². The average Bonchev–Trinajstić information content (AvgIpc) is 2.69. The lowest BCUT2D eigenvalue weighted by molar-refractivity contribution is -0.137. The summed E-state index contributed by atoms with van der Waals surface area (Å²) in [6, 6.07) is 13.9. The van der Waals surface area contributed by atoms with E-state index < -0.39 is 12.0 Å². The number of carbonyl (C=O) groups is 1. The third-order valence-electron chi connectivity index (χ3n) is 4.15. The van der Waals surface area contributed by atoms with Crippen molar-refractivity contribution in [3.63, 3.8) is 0 Å². The zero-order valence-electron chi connectivity index (χ0n) is 16.4. The van der Waals surface area contributed by atoms with E-state index in [0.29, 0.717) is 22.2 Å². The van der Waals surface area contributed by atoms with Gasteiger partial charge in [-0.15, -0.1) is 0 Å². The Morgan fingerprint density at radius 1 is 1.16 bits per heavy atom. The van der Waals surface area contributed by atoms with Crippen molar-refractivity contribution in [2.45, 2.75) is 19.4 Å². The van der Waals surface area contributed by atoms with Crippen molar-refractivity contribution < 1.29 is 14.3 Å². The van der Waals surface area contributed by atoms with Crippen molar-refractivity contribution in [1.29, 1.82) is 0 Å². The zero-order chi connectivity index (χ0) is 22.4. The maximum atomic E-state index is 13.1. The monoisotopic (exact) mass is 459 g/mol. The van der Waals surface area contributed by atoms with Crippen LogP contribution in [0.3, 0.4) is 0 Å². The first-order valence-corrected chi connectivity index (χ1v) is 10.00. The van der Waals surface area contributed by atoms with Crippen LogP contribution in [0.25, 0.3) is 0 Å². The van der Waals surface area contributed by atoms with Crippen LogP contribution < -0.4 is 16.0 Å². The number of rotatable bonds is 7. The highest BCUT2D eigenvalue weighted by Gasteiger charge is 2.17. The number of aromatic nitrogens is 2. The highest BCUT2D eigenvalue weighted by atomic mass is 35.5. The van der Waals surface area contributed by atoms with Crippen LogP contribution in [0, 0.1) is 12.7 Å². The number of carboxylic acid groups (broad SMARTS) is 1. The fourth-order valence-corrected chi connectivity index (χ4v) is 3.15. The van der Waals surface area contributed by atoms with Crippen LogP contribution in [0.1, 0.15) is 23.7 Å². The number of nitrogens with zero attached hydrogens (tertiary/aromatic N) is 2.